The molecule has 2 aromatic carbocycles. The average Bonchev–Trinajstić information content (AvgIpc) is 3.58. The summed E-state index contributed by atoms with van der Waals surface area (Å²) in [5, 5.41) is 19.3. The zero-order chi connectivity index (χ0) is 24.4. The lowest BCUT2D eigenvalue weighted by Gasteiger charge is -2.04. The number of para-hydroxylation sites is 2. The topological polar surface area (TPSA) is 127 Å². The number of rotatable bonds is 8. The number of aromatic amines is 1. The number of methoxy groups -OCH3 is 1. The van der Waals surface area contributed by atoms with Crippen LogP contribution in [0.2, 0.25) is 5.02 Å². The second-order valence-corrected chi connectivity index (χ2v) is 9.37. The van der Waals surface area contributed by atoms with Crippen LogP contribution < -0.4 is 4.74 Å². The Labute approximate surface area is 211 Å². The summed E-state index contributed by atoms with van der Waals surface area (Å²) in [6, 6.07) is 16.1. The summed E-state index contributed by atoms with van der Waals surface area (Å²) in [6.07, 6.45) is 1.39. The van der Waals surface area contributed by atoms with Gasteiger partial charge in [-0.1, -0.05) is 23.7 Å². The predicted molar refractivity (Wildman–Crippen MR) is 132 cm³/mol. The smallest absolute Gasteiger partial charge is 0.342 e. The molecule has 0 fully saturated rings. The number of furan rings is 1. The summed E-state index contributed by atoms with van der Waals surface area (Å²) in [6.45, 7) is 0. The summed E-state index contributed by atoms with van der Waals surface area (Å²) in [7, 11) is 1.51. The Balaban J connectivity index is 1.34. The monoisotopic (exact) mass is 526 g/mol. The van der Waals surface area contributed by atoms with Crippen LogP contribution in [0.5, 0.6) is 5.75 Å². The van der Waals surface area contributed by atoms with Crippen molar-refractivity contribution in [2.24, 2.45) is 0 Å². The lowest BCUT2D eigenvalue weighted by molar-refractivity contribution is -0.131. The van der Waals surface area contributed by atoms with Gasteiger partial charge in [0.2, 0.25) is 0 Å². The molecule has 0 aliphatic rings. The van der Waals surface area contributed by atoms with Crippen molar-refractivity contribution < 1.29 is 23.5 Å². The molecule has 5 rings (SSSR count). The summed E-state index contributed by atoms with van der Waals surface area (Å²) in [5.41, 5.74) is 2.26. The lowest BCUT2D eigenvalue weighted by Crippen LogP contribution is -1.96. The van der Waals surface area contributed by atoms with E-state index in [1.807, 2.05) is 24.3 Å². The van der Waals surface area contributed by atoms with Crippen LogP contribution in [-0.2, 0) is 4.79 Å². The van der Waals surface area contributed by atoms with Gasteiger partial charge in [-0.2, -0.15) is 0 Å². The maximum absolute atomic E-state index is 11.8. The van der Waals surface area contributed by atoms with Gasteiger partial charge in [0.05, 0.1) is 23.7 Å². The van der Waals surface area contributed by atoms with Crippen molar-refractivity contribution in [2.75, 3.05) is 7.11 Å². The number of benzene rings is 2. The first-order valence-electron chi connectivity index (χ1n) is 10.0. The standard InChI is InChI=1S/C23H15ClN4O5S2/c1-31-17-8-6-12(24)10-14(17)20-27-28-23(33-20)34-18(21(29)30)11-13-7-9-19(32-13)35-22-25-15-4-2-3-5-16(15)26-22/h2-11H,1H3,(H,25,26)(H,29,30)/b18-11-. The first kappa shape index (κ1) is 23.1. The van der Waals surface area contributed by atoms with Crippen LogP contribution in [0.25, 0.3) is 28.6 Å². The molecule has 9 nitrogen and oxygen atoms in total. The van der Waals surface area contributed by atoms with Crippen molar-refractivity contribution in [1.29, 1.82) is 0 Å². The Morgan fingerprint density at radius 3 is 2.80 bits per heavy atom. The van der Waals surface area contributed by atoms with Crippen molar-refractivity contribution in [3.05, 3.63) is 70.3 Å². The van der Waals surface area contributed by atoms with Gasteiger partial charge in [-0.05, 0) is 66.0 Å². The second kappa shape index (κ2) is 9.90. The normalized spacial score (nSPS) is 11.8. The molecule has 176 valence electrons. The van der Waals surface area contributed by atoms with Gasteiger partial charge in [-0.15, -0.1) is 10.2 Å². The molecule has 0 radical (unpaired) electrons. The van der Waals surface area contributed by atoms with E-state index in [1.54, 1.807) is 30.3 Å². The Morgan fingerprint density at radius 2 is 2.00 bits per heavy atom. The number of imidazole rings is 1. The quantitative estimate of drug-likeness (QED) is 0.177. The molecule has 12 heteroatoms. The molecule has 0 atom stereocenters. The highest BCUT2D eigenvalue weighted by molar-refractivity contribution is 8.03. The van der Waals surface area contributed by atoms with Crippen molar-refractivity contribution in [3.8, 4) is 17.2 Å². The SMILES string of the molecule is COc1ccc(Cl)cc1-c1nnc(S/C(=C\c2ccc(Sc3nc4ccccc4[nH]3)o2)C(=O)O)o1. The summed E-state index contributed by atoms with van der Waals surface area (Å²) >= 11 is 8.17. The zero-order valence-electron chi connectivity index (χ0n) is 17.9. The molecular weight excluding hydrogens is 512 g/mol. The van der Waals surface area contributed by atoms with Crippen LogP contribution in [0.4, 0.5) is 0 Å². The number of carboxylic acid groups (broad SMARTS) is 1. The molecule has 0 aliphatic carbocycles. The van der Waals surface area contributed by atoms with E-state index in [0.717, 1.165) is 22.8 Å². The van der Waals surface area contributed by atoms with Crippen LogP contribution in [-0.4, -0.2) is 38.4 Å². The van der Waals surface area contributed by atoms with Crippen molar-refractivity contribution in [1.82, 2.24) is 20.2 Å². The number of hydrogen-bond acceptors (Lipinski definition) is 9. The number of H-pyrrole nitrogens is 1. The minimum absolute atomic E-state index is 0.0408. The van der Waals surface area contributed by atoms with Crippen LogP contribution in [0.3, 0.4) is 0 Å². The maximum Gasteiger partial charge on any atom is 0.342 e. The Hall–Kier alpha value is -3.67. The van der Waals surface area contributed by atoms with Gasteiger partial charge in [0.15, 0.2) is 10.2 Å². The van der Waals surface area contributed by atoms with E-state index >= 15 is 0 Å². The first-order valence-corrected chi connectivity index (χ1v) is 12.0. The molecule has 0 aliphatic heterocycles. The van der Waals surface area contributed by atoms with Gasteiger partial charge >= 0.3 is 5.97 Å². The van der Waals surface area contributed by atoms with Crippen molar-refractivity contribution >= 4 is 58.2 Å². The number of nitrogens with zero attached hydrogens (tertiary/aromatic N) is 3. The van der Waals surface area contributed by atoms with Gasteiger partial charge < -0.3 is 23.7 Å². The third-order valence-electron chi connectivity index (χ3n) is 4.65. The minimum atomic E-state index is -1.17. The van der Waals surface area contributed by atoms with Gasteiger partial charge in [0, 0.05) is 11.1 Å². The van der Waals surface area contributed by atoms with Crippen LogP contribution >= 0.6 is 35.1 Å². The largest absolute Gasteiger partial charge is 0.496 e. The van der Waals surface area contributed by atoms with Gasteiger partial charge in [-0.25, -0.2) is 9.78 Å². The number of halogens is 1. The van der Waals surface area contributed by atoms with Crippen LogP contribution in [0, 0.1) is 0 Å². The highest BCUT2D eigenvalue weighted by atomic mass is 35.5. The van der Waals surface area contributed by atoms with Gasteiger partial charge in [0.25, 0.3) is 11.1 Å². The van der Waals surface area contributed by atoms with Gasteiger partial charge in [0.1, 0.15) is 16.4 Å². The lowest BCUT2D eigenvalue weighted by atomic mass is 10.2. The molecule has 3 heterocycles. The Morgan fingerprint density at radius 1 is 1.14 bits per heavy atom. The molecule has 35 heavy (non-hydrogen) atoms. The third kappa shape index (κ3) is 5.21. The summed E-state index contributed by atoms with van der Waals surface area (Å²) in [5.74, 6) is -0.171. The number of thioether (sulfide) groups is 1. The Bertz CT molecular complexity index is 1530. The number of hydrogen-bond donors (Lipinski definition) is 2. The number of fused-ring (bicyclic) bond motifs is 1. The molecule has 0 unspecified atom stereocenters. The highest BCUT2D eigenvalue weighted by Gasteiger charge is 2.19. The number of aromatic nitrogens is 4. The molecule has 2 N–H and O–H groups in total. The molecule has 0 saturated carbocycles. The van der Waals surface area contributed by atoms with Crippen LogP contribution in [0.1, 0.15) is 5.76 Å². The second-order valence-electron chi connectivity index (χ2n) is 6.95. The molecule has 0 spiro atoms. The van der Waals surface area contributed by atoms with E-state index in [0.29, 0.717) is 32.3 Å². The van der Waals surface area contributed by atoms with E-state index in [9.17, 15) is 9.90 Å². The van der Waals surface area contributed by atoms with Crippen molar-refractivity contribution in [3.63, 3.8) is 0 Å². The van der Waals surface area contributed by atoms with Crippen molar-refractivity contribution in [2.45, 2.75) is 15.5 Å². The summed E-state index contributed by atoms with van der Waals surface area (Å²) < 4.78 is 16.7. The number of aliphatic carboxylic acids is 1. The van der Waals surface area contributed by atoms with E-state index in [-0.39, 0.29) is 16.0 Å². The number of nitrogens with one attached hydrogen (secondary N) is 1. The number of ether oxygens (including phenoxy) is 1. The van der Waals surface area contributed by atoms with E-state index in [2.05, 4.69) is 20.2 Å². The molecule has 5 aromatic rings. The summed E-state index contributed by atoms with van der Waals surface area (Å²) in [4.78, 5) is 19.5. The predicted octanol–water partition coefficient (Wildman–Crippen LogP) is 6.24. The fourth-order valence-corrected chi connectivity index (χ4v) is 4.70. The third-order valence-corrected chi connectivity index (χ3v) is 6.54. The zero-order valence-corrected chi connectivity index (χ0v) is 20.3. The average molecular weight is 527 g/mol. The molecule has 0 amide bonds. The van der Waals surface area contributed by atoms with E-state index in [1.165, 1.54) is 24.9 Å². The number of carbonyl (C=O) groups is 1. The van der Waals surface area contributed by atoms with Crippen LogP contribution in [0.15, 0.2) is 83.8 Å². The first-order chi connectivity index (χ1) is 17.0. The number of carboxylic acids is 1. The van der Waals surface area contributed by atoms with E-state index < -0.39 is 5.97 Å². The maximum atomic E-state index is 11.8. The molecule has 0 saturated heterocycles. The minimum Gasteiger partial charge on any atom is -0.496 e. The fraction of sp³-hybridized carbons (Fsp3) is 0.0435. The molecular formula is C23H15ClN4O5S2. The van der Waals surface area contributed by atoms with E-state index in [4.69, 9.17) is 25.2 Å². The highest BCUT2D eigenvalue weighted by Crippen LogP contribution is 2.36. The fourth-order valence-electron chi connectivity index (χ4n) is 3.11. The molecule has 0 bridgehead atoms. The Kier molecular flexibility index (Phi) is 6.53. The molecule has 3 aromatic heterocycles. The van der Waals surface area contributed by atoms with Gasteiger partial charge in [-0.3, -0.25) is 0 Å².